The molecule has 0 atom stereocenters. The van der Waals surface area contributed by atoms with Crippen LogP contribution in [-0.2, 0) is 26.0 Å². The van der Waals surface area contributed by atoms with Gasteiger partial charge >= 0.3 is 0 Å². The van der Waals surface area contributed by atoms with E-state index in [2.05, 4.69) is 29.4 Å². The molecule has 0 amide bonds. The number of rotatable bonds is 4. The number of ether oxygens (including phenoxy) is 1. The molecule has 1 aliphatic rings. The Hall–Kier alpha value is -1.39. The first-order valence-corrected chi connectivity index (χ1v) is 7.56. The zero-order valence-corrected chi connectivity index (χ0v) is 11.9. The van der Waals surface area contributed by atoms with E-state index in [9.17, 15) is 0 Å². The van der Waals surface area contributed by atoms with Crippen molar-refractivity contribution < 1.29 is 4.74 Å². The van der Waals surface area contributed by atoms with Gasteiger partial charge in [0, 0.05) is 24.4 Å². The normalized spacial score (nSPS) is 14.2. The van der Waals surface area contributed by atoms with Gasteiger partial charge in [0.2, 0.25) is 0 Å². The fourth-order valence-corrected chi connectivity index (χ4v) is 3.21. The minimum Gasteiger partial charge on any atom is -0.486 e. The molecule has 4 heteroatoms. The highest BCUT2D eigenvalue weighted by atomic mass is 32.1. The van der Waals surface area contributed by atoms with Crippen molar-refractivity contribution in [2.45, 2.75) is 32.9 Å². The van der Waals surface area contributed by atoms with Crippen molar-refractivity contribution in [1.82, 2.24) is 10.3 Å². The van der Waals surface area contributed by atoms with Gasteiger partial charge in [-0.05, 0) is 24.1 Å². The Labute approximate surface area is 117 Å². The number of benzene rings is 1. The first-order chi connectivity index (χ1) is 9.35. The molecule has 1 aliphatic heterocycles. The smallest absolute Gasteiger partial charge is 0.140 e. The summed E-state index contributed by atoms with van der Waals surface area (Å²) in [5.41, 5.74) is 2.59. The SMILES string of the molecule is CCc1ccc(OCc2nc3c(s2)CNCC3)cc1. The zero-order valence-electron chi connectivity index (χ0n) is 11.1. The molecule has 2 aromatic rings. The third kappa shape index (κ3) is 2.96. The maximum atomic E-state index is 5.80. The van der Waals surface area contributed by atoms with Crippen LogP contribution in [0.25, 0.3) is 0 Å². The van der Waals surface area contributed by atoms with Crippen LogP contribution in [0.3, 0.4) is 0 Å². The number of aromatic nitrogens is 1. The molecule has 100 valence electrons. The van der Waals surface area contributed by atoms with Crippen molar-refractivity contribution in [2.24, 2.45) is 0 Å². The van der Waals surface area contributed by atoms with Gasteiger partial charge in [0.1, 0.15) is 17.4 Å². The Balaban J connectivity index is 1.63. The summed E-state index contributed by atoms with van der Waals surface area (Å²) in [7, 11) is 0. The number of nitrogens with zero attached hydrogens (tertiary/aromatic N) is 1. The molecule has 0 aliphatic carbocycles. The van der Waals surface area contributed by atoms with Gasteiger partial charge in [0.05, 0.1) is 5.69 Å². The maximum absolute atomic E-state index is 5.80. The summed E-state index contributed by atoms with van der Waals surface area (Å²) in [4.78, 5) is 6.02. The lowest BCUT2D eigenvalue weighted by molar-refractivity contribution is 0.305. The predicted molar refractivity (Wildman–Crippen MR) is 77.7 cm³/mol. The van der Waals surface area contributed by atoms with Crippen molar-refractivity contribution in [2.75, 3.05) is 6.54 Å². The molecule has 0 saturated carbocycles. The minimum atomic E-state index is 0.573. The van der Waals surface area contributed by atoms with Gasteiger partial charge in [-0.2, -0.15) is 0 Å². The van der Waals surface area contributed by atoms with Crippen LogP contribution < -0.4 is 10.1 Å². The van der Waals surface area contributed by atoms with E-state index in [0.29, 0.717) is 6.61 Å². The van der Waals surface area contributed by atoms with Crippen LogP contribution in [0.4, 0.5) is 0 Å². The van der Waals surface area contributed by atoms with E-state index in [-0.39, 0.29) is 0 Å². The summed E-state index contributed by atoms with van der Waals surface area (Å²) < 4.78 is 5.80. The van der Waals surface area contributed by atoms with Crippen LogP contribution in [0.15, 0.2) is 24.3 Å². The molecule has 3 rings (SSSR count). The number of thiazole rings is 1. The van der Waals surface area contributed by atoms with Crippen LogP contribution in [0.1, 0.15) is 28.1 Å². The Kier molecular flexibility index (Phi) is 3.80. The van der Waals surface area contributed by atoms with Gasteiger partial charge in [0.25, 0.3) is 0 Å². The van der Waals surface area contributed by atoms with Gasteiger partial charge in [-0.1, -0.05) is 19.1 Å². The van der Waals surface area contributed by atoms with E-state index in [1.165, 1.54) is 16.1 Å². The van der Waals surface area contributed by atoms with Gasteiger partial charge in [-0.15, -0.1) is 11.3 Å². The lowest BCUT2D eigenvalue weighted by Gasteiger charge is -2.09. The summed E-state index contributed by atoms with van der Waals surface area (Å²) in [5.74, 6) is 0.920. The molecular weight excluding hydrogens is 256 g/mol. The predicted octanol–water partition coefficient (Wildman–Crippen LogP) is 2.93. The Morgan fingerprint density at radius 2 is 2.16 bits per heavy atom. The summed E-state index contributed by atoms with van der Waals surface area (Å²) in [6.45, 7) is 4.72. The zero-order chi connectivity index (χ0) is 13.1. The van der Waals surface area contributed by atoms with E-state index < -0.39 is 0 Å². The molecule has 0 spiro atoms. The van der Waals surface area contributed by atoms with E-state index >= 15 is 0 Å². The highest BCUT2D eigenvalue weighted by Crippen LogP contribution is 2.23. The summed E-state index contributed by atoms with van der Waals surface area (Å²) in [5, 5.41) is 4.45. The molecule has 1 aromatic carbocycles. The largest absolute Gasteiger partial charge is 0.486 e. The van der Waals surface area contributed by atoms with Gasteiger partial charge in [-0.3, -0.25) is 0 Å². The Morgan fingerprint density at radius 1 is 1.32 bits per heavy atom. The average Bonchev–Trinajstić information content (AvgIpc) is 2.88. The van der Waals surface area contributed by atoms with Crippen molar-refractivity contribution >= 4 is 11.3 Å². The summed E-state index contributed by atoms with van der Waals surface area (Å²) >= 11 is 1.76. The maximum Gasteiger partial charge on any atom is 0.140 e. The van der Waals surface area contributed by atoms with E-state index in [1.54, 1.807) is 11.3 Å². The van der Waals surface area contributed by atoms with E-state index in [4.69, 9.17) is 4.74 Å². The summed E-state index contributed by atoms with van der Waals surface area (Å²) in [6, 6.07) is 8.31. The third-order valence-corrected chi connectivity index (χ3v) is 4.41. The van der Waals surface area contributed by atoms with Gasteiger partial charge in [-0.25, -0.2) is 4.98 Å². The Morgan fingerprint density at radius 3 is 2.89 bits per heavy atom. The topological polar surface area (TPSA) is 34.1 Å². The average molecular weight is 274 g/mol. The van der Waals surface area contributed by atoms with Gasteiger partial charge < -0.3 is 10.1 Å². The second-order valence-electron chi connectivity index (χ2n) is 4.69. The Bertz CT molecular complexity index is 524. The van der Waals surface area contributed by atoms with Crippen molar-refractivity contribution in [1.29, 1.82) is 0 Å². The lowest BCUT2D eigenvalue weighted by atomic mass is 10.2. The molecule has 0 fully saturated rings. The fraction of sp³-hybridized carbons (Fsp3) is 0.400. The number of hydrogen-bond acceptors (Lipinski definition) is 4. The van der Waals surface area contributed by atoms with Crippen molar-refractivity contribution in [3.8, 4) is 5.75 Å². The molecule has 0 saturated heterocycles. The molecule has 0 bridgehead atoms. The quantitative estimate of drug-likeness (QED) is 0.931. The molecule has 1 N–H and O–H groups in total. The first-order valence-electron chi connectivity index (χ1n) is 6.75. The number of aryl methyl sites for hydroxylation is 1. The van der Waals surface area contributed by atoms with Crippen LogP contribution in [0, 0.1) is 0 Å². The van der Waals surface area contributed by atoms with Crippen LogP contribution >= 0.6 is 11.3 Å². The summed E-state index contributed by atoms with van der Waals surface area (Å²) in [6.07, 6.45) is 2.10. The molecule has 1 aromatic heterocycles. The molecule has 3 nitrogen and oxygen atoms in total. The monoisotopic (exact) mass is 274 g/mol. The number of nitrogens with one attached hydrogen (secondary N) is 1. The highest BCUT2D eigenvalue weighted by molar-refractivity contribution is 7.11. The second kappa shape index (κ2) is 5.72. The van der Waals surface area contributed by atoms with Crippen LogP contribution in [-0.4, -0.2) is 11.5 Å². The highest BCUT2D eigenvalue weighted by Gasteiger charge is 2.14. The van der Waals surface area contributed by atoms with Crippen molar-refractivity contribution in [3.63, 3.8) is 0 Å². The molecule has 0 unspecified atom stereocenters. The van der Waals surface area contributed by atoms with Gasteiger partial charge in [0.15, 0.2) is 0 Å². The first kappa shape index (κ1) is 12.6. The molecular formula is C15H18N2OS. The number of hydrogen-bond donors (Lipinski definition) is 1. The standard InChI is InChI=1S/C15H18N2OS/c1-2-11-3-5-12(6-4-11)18-10-15-17-13-7-8-16-9-14(13)19-15/h3-6,16H,2,7-10H2,1H3. The van der Waals surface area contributed by atoms with E-state index in [1.807, 2.05) is 12.1 Å². The lowest BCUT2D eigenvalue weighted by Crippen LogP contribution is -2.22. The molecule has 19 heavy (non-hydrogen) atoms. The fourth-order valence-electron chi connectivity index (χ4n) is 2.21. The molecule has 2 heterocycles. The van der Waals surface area contributed by atoms with Crippen LogP contribution in [0.2, 0.25) is 0 Å². The van der Waals surface area contributed by atoms with Crippen molar-refractivity contribution in [3.05, 3.63) is 45.4 Å². The van der Waals surface area contributed by atoms with Crippen LogP contribution in [0.5, 0.6) is 5.75 Å². The second-order valence-corrected chi connectivity index (χ2v) is 5.86. The number of fused-ring (bicyclic) bond motifs is 1. The third-order valence-electron chi connectivity index (χ3n) is 3.34. The minimum absolute atomic E-state index is 0.573. The molecule has 0 radical (unpaired) electrons. The van der Waals surface area contributed by atoms with E-state index in [0.717, 1.165) is 36.7 Å².